The molecule has 0 N–H and O–H groups in total. The number of aromatic nitrogens is 1. The first-order chi connectivity index (χ1) is 9.13. The molecule has 1 aromatic carbocycles. The number of rotatable bonds is 2. The van der Waals surface area contributed by atoms with Crippen LogP contribution in [-0.2, 0) is 0 Å². The third-order valence-electron chi connectivity index (χ3n) is 2.67. The van der Waals surface area contributed by atoms with Gasteiger partial charge in [-0.25, -0.2) is 4.98 Å². The Kier molecular flexibility index (Phi) is 3.89. The Balaban J connectivity index is 2.07. The maximum Gasteiger partial charge on any atom is 0.134 e. The summed E-state index contributed by atoms with van der Waals surface area (Å²) in [4.78, 5) is 7.25. The molecule has 0 aliphatic carbocycles. The number of aryl methyl sites for hydroxylation is 1. The van der Waals surface area contributed by atoms with Crippen molar-refractivity contribution in [3.8, 4) is 21.1 Å². The minimum atomic E-state index is 1.07. The molecule has 0 spiro atoms. The second-order valence-corrected chi connectivity index (χ2v) is 8.01. The molecule has 1 nitrogen and oxygen atoms in total. The molecule has 0 atom stereocenters. The summed E-state index contributed by atoms with van der Waals surface area (Å²) in [6, 6.07) is 10.4. The van der Waals surface area contributed by atoms with Crippen LogP contribution in [0, 0.1) is 6.92 Å². The molecule has 0 amide bonds. The van der Waals surface area contributed by atoms with E-state index in [0.717, 1.165) is 25.2 Å². The van der Waals surface area contributed by atoms with E-state index in [1.54, 1.807) is 22.7 Å². The van der Waals surface area contributed by atoms with Crippen molar-refractivity contribution >= 4 is 54.5 Å². The van der Waals surface area contributed by atoms with E-state index in [0.29, 0.717) is 0 Å². The van der Waals surface area contributed by atoms with Gasteiger partial charge in [-0.2, -0.15) is 0 Å². The lowest BCUT2D eigenvalue weighted by atomic mass is 10.1. The topological polar surface area (TPSA) is 12.9 Å². The average Bonchev–Trinajstić information content (AvgIpc) is 2.95. The van der Waals surface area contributed by atoms with Gasteiger partial charge < -0.3 is 0 Å². The SMILES string of the molecule is Cc1sc(-c2cc(Br)cs2)nc1-c1cccc(Br)c1. The van der Waals surface area contributed by atoms with Crippen molar-refractivity contribution < 1.29 is 0 Å². The molecule has 0 radical (unpaired) electrons. The van der Waals surface area contributed by atoms with Crippen molar-refractivity contribution in [1.29, 1.82) is 0 Å². The van der Waals surface area contributed by atoms with Crippen molar-refractivity contribution in [3.05, 3.63) is 49.5 Å². The van der Waals surface area contributed by atoms with Crippen LogP contribution in [-0.4, -0.2) is 4.98 Å². The van der Waals surface area contributed by atoms with E-state index in [2.05, 4.69) is 62.4 Å². The normalized spacial score (nSPS) is 10.9. The summed E-state index contributed by atoms with van der Waals surface area (Å²) in [5, 5.41) is 3.17. The number of hydrogen-bond donors (Lipinski definition) is 0. The lowest BCUT2D eigenvalue weighted by Crippen LogP contribution is -1.80. The number of benzene rings is 1. The lowest BCUT2D eigenvalue weighted by molar-refractivity contribution is 1.38. The smallest absolute Gasteiger partial charge is 0.134 e. The highest BCUT2D eigenvalue weighted by Gasteiger charge is 2.12. The Morgan fingerprint density at radius 1 is 1.11 bits per heavy atom. The third-order valence-corrected chi connectivity index (χ3v) is 6.00. The van der Waals surface area contributed by atoms with Crippen LogP contribution in [0.15, 0.2) is 44.7 Å². The van der Waals surface area contributed by atoms with Crippen molar-refractivity contribution in [3.63, 3.8) is 0 Å². The summed E-state index contributed by atoms with van der Waals surface area (Å²) in [5.41, 5.74) is 2.23. The summed E-state index contributed by atoms with van der Waals surface area (Å²) in [6.07, 6.45) is 0. The molecule has 3 rings (SSSR count). The van der Waals surface area contributed by atoms with Gasteiger partial charge in [-0.15, -0.1) is 22.7 Å². The van der Waals surface area contributed by atoms with Crippen molar-refractivity contribution in [2.75, 3.05) is 0 Å². The van der Waals surface area contributed by atoms with Gasteiger partial charge in [0.25, 0.3) is 0 Å². The molecule has 96 valence electrons. The predicted molar refractivity (Wildman–Crippen MR) is 91.0 cm³/mol. The Labute approximate surface area is 136 Å². The molecule has 0 fully saturated rings. The molecule has 3 aromatic rings. The summed E-state index contributed by atoms with van der Waals surface area (Å²) in [6.45, 7) is 2.13. The molecule has 0 saturated carbocycles. The number of thiazole rings is 1. The highest BCUT2D eigenvalue weighted by molar-refractivity contribution is 9.10. The second kappa shape index (κ2) is 5.48. The quantitative estimate of drug-likeness (QED) is 0.474. The maximum atomic E-state index is 4.79. The van der Waals surface area contributed by atoms with Crippen LogP contribution in [0.2, 0.25) is 0 Å². The van der Waals surface area contributed by atoms with Gasteiger partial charge in [0.1, 0.15) is 5.01 Å². The Morgan fingerprint density at radius 3 is 2.63 bits per heavy atom. The molecule has 2 heterocycles. The van der Waals surface area contributed by atoms with E-state index in [1.165, 1.54) is 9.75 Å². The van der Waals surface area contributed by atoms with E-state index in [4.69, 9.17) is 4.98 Å². The fraction of sp³-hybridized carbons (Fsp3) is 0.0714. The lowest BCUT2D eigenvalue weighted by Gasteiger charge is -1.98. The fourth-order valence-electron chi connectivity index (χ4n) is 1.83. The van der Waals surface area contributed by atoms with Crippen LogP contribution in [0.3, 0.4) is 0 Å². The van der Waals surface area contributed by atoms with E-state index >= 15 is 0 Å². The Bertz CT molecular complexity index is 731. The van der Waals surface area contributed by atoms with E-state index in [-0.39, 0.29) is 0 Å². The predicted octanol–water partition coefficient (Wildman–Crippen LogP) is 6.37. The van der Waals surface area contributed by atoms with Gasteiger partial charge in [-0.1, -0.05) is 28.1 Å². The van der Waals surface area contributed by atoms with Crippen molar-refractivity contribution in [2.45, 2.75) is 6.92 Å². The molecular formula is C14H9Br2NS2. The van der Waals surface area contributed by atoms with Gasteiger partial charge in [0.15, 0.2) is 0 Å². The standard InChI is InChI=1S/C14H9Br2NS2/c1-8-13(9-3-2-4-10(15)5-9)17-14(19-8)12-6-11(16)7-18-12/h2-7H,1H3. The van der Waals surface area contributed by atoms with Gasteiger partial charge in [0, 0.05) is 24.8 Å². The fourth-order valence-corrected chi connectivity index (χ4v) is 4.66. The third kappa shape index (κ3) is 2.84. The summed E-state index contributed by atoms with van der Waals surface area (Å²) in [5.74, 6) is 0. The largest absolute Gasteiger partial charge is 0.235 e. The second-order valence-electron chi connectivity index (χ2n) is 4.06. The molecule has 5 heteroatoms. The molecule has 19 heavy (non-hydrogen) atoms. The molecular weight excluding hydrogens is 406 g/mol. The van der Waals surface area contributed by atoms with Gasteiger partial charge in [0.2, 0.25) is 0 Å². The van der Waals surface area contributed by atoms with Crippen LogP contribution in [0.25, 0.3) is 21.1 Å². The number of nitrogens with zero attached hydrogens (tertiary/aromatic N) is 1. The monoisotopic (exact) mass is 413 g/mol. The highest BCUT2D eigenvalue weighted by Crippen LogP contribution is 2.37. The molecule has 2 aromatic heterocycles. The molecule has 0 saturated heterocycles. The average molecular weight is 415 g/mol. The van der Waals surface area contributed by atoms with Crippen molar-refractivity contribution in [1.82, 2.24) is 4.98 Å². The van der Waals surface area contributed by atoms with Gasteiger partial charge >= 0.3 is 0 Å². The van der Waals surface area contributed by atoms with Crippen LogP contribution >= 0.6 is 54.5 Å². The molecule has 0 unspecified atom stereocenters. The zero-order valence-electron chi connectivity index (χ0n) is 9.98. The number of halogens is 2. The van der Waals surface area contributed by atoms with E-state index in [1.807, 2.05) is 12.1 Å². The Hall–Kier alpha value is -0.490. The zero-order valence-corrected chi connectivity index (χ0v) is 14.8. The summed E-state index contributed by atoms with van der Waals surface area (Å²) in [7, 11) is 0. The number of thiophene rings is 1. The van der Waals surface area contributed by atoms with Gasteiger partial charge in [-0.05, 0) is 41.1 Å². The summed E-state index contributed by atoms with van der Waals surface area (Å²) >= 11 is 10.5. The van der Waals surface area contributed by atoms with Gasteiger partial charge in [0.05, 0.1) is 10.6 Å². The first-order valence-corrected chi connectivity index (χ1v) is 8.89. The van der Waals surface area contributed by atoms with Crippen molar-refractivity contribution in [2.24, 2.45) is 0 Å². The minimum Gasteiger partial charge on any atom is -0.235 e. The first kappa shape index (κ1) is 13.5. The van der Waals surface area contributed by atoms with Crippen LogP contribution in [0.1, 0.15) is 4.88 Å². The van der Waals surface area contributed by atoms with E-state index in [9.17, 15) is 0 Å². The highest BCUT2D eigenvalue weighted by atomic mass is 79.9. The first-order valence-electron chi connectivity index (χ1n) is 5.61. The zero-order chi connectivity index (χ0) is 13.4. The maximum absolute atomic E-state index is 4.79. The number of hydrogen-bond acceptors (Lipinski definition) is 3. The van der Waals surface area contributed by atoms with E-state index < -0.39 is 0 Å². The van der Waals surface area contributed by atoms with Crippen LogP contribution in [0.4, 0.5) is 0 Å². The van der Waals surface area contributed by atoms with Crippen LogP contribution < -0.4 is 0 Å². The van der Waals surface area contributed by atoms with Gasteiger partial charge in [-0.3, -0.25) is 0 Å². The van der Waals surface area contributed by atoms with Crippen LogP contribution in [0.5, 0.6) is 0 Å². The Morgan fingerprint density at radius 2 is 1.95 bits per heavy atom. The summed E-state index contributed by atoms with van der Waals surface area (Å²) < 4.78 is 2.20. The molecule has 0 aliphatic heterocycles. The molecule has 0 bridgehead atoms. The molecule has 0 aliphatic rings. The minimum absolute atomic E-state index is 1.07.